The van der Waals surface area contributed by atoms with E-state index < -0.39 is 24.0 Å². The highest BCUT2D eigenvalue weighted by atomic mass is 16.4. The topological polar surface area (TPSA) is 95.8 Å². The quantitative estimate of drug-likeness (QED) is 0.649. The van der Waals surface area contributed by atoms with Crippen LogP contribution in [0.2, 0.25) is 0 Å². The number of hydrogen-bond acceptors (Lipinski definition) is 4. The van der Waals surface area contributed by atoms with E-state index >= 15 is 0 Å². The van der Waals surface area contributed by atoms with Crippen molar-refractivity contribution in [3.63, 3.8) is 0 Å². The number of nitroso groups, excluding NO2 is 1. The SMILES string of the molecule is CCC(C)C(N=O)C(=O)NC(CC(C)C)C(=O)O. The molecule has 0 aliphatic rings. The van der Waals surface area contributed by atoms with Gasteiger partial charge < -0.3 is 10.4 Å². The van der Waals surface area contributed by atoms with Gasteiger partial charge in [-0.3, -0.25) is 4.79 Å². The summed E-state index contributed by atoms with van der Waals surface area (Å²) in [7, 11) is 0. The van der Waals surface area contributed by atoms with Crippen molar-refractivity contribution in [2.45, 2.75) is 52.6 Å². The second-order valence-corrected chi connectivity index (χ2v) is 4.96. The van der Waals surface area contributed by atoms with E-state index in [9.17, 15) is 14.5 Å². The number of hydrogen-bond donors (Lipinski definition) is 2. The van der Waals surface area contributed by atoms with Gasteiger partial charge in [-0.2, -0.15) is 0 Å². The van der Waals surface area contributed by atoms with E-state index in [-0.39, 0.29) is 11.8 Å². The Morgan fingerprint density at radius 2 is 1.83 bits per heavy atom. The first-order chi connectivity index (χ1) is 8.33. The van der Waals surface area contributed by atoms with Crippen molar-refractivity contribution in [1.82, 2.24) is 5.32 Å². The molecule has 0 spiro atoms. The molecule has 0 rings (SSSR count). The van der Waals surface area contributed by atoms with Crippen molar-refractivity contribution >= 4 is 11.9 Å². The number of nitrogens with one attached hydrogen (secondary N) is 1. The van der Waals surface area contributed by atoms with Crippen LogP contribution in [0.5, 0.6) is 0 Å². The number of carboxylic acids is 1. The maximum atomic E-state index is 11.8. The van der Waals surface area contributed by atoms with Crippen molar-refractivity contribution in [1.29, 1.82) is 0 Å². The van der Waals surface area contributed by atoms with Crippen LogP contribution < -0.4 is 5.32 Å². The summed E-state index contributed by atoms with van der Waals surface area (Å²) in [4.78, 5) is 33.5. The van der Waals surface area contributed by atoms with Gasteiger partial charge in [-0.1, -0.05) is 39.3 Å². The third kappa shape index (κ3) is 5.25. The van der Waals surface area contributed by atoms with Gasteiger partial charge in [-0.25, -0.2) is 4.79 Å². The van der Waals surface area contributed by atoms with Crippen LogP contribution in [-0.4, -0.2) is 29.1 Å². The fourth-order valence-corrected chi connectivity index (χ4v) is 1.58. The highest BCUT2D eigenvalue weighted by Gasteiger charge is 2.29. The average molecular weight is 258 g/mol. The Kier molecular flexibility index (Phi) is 7.16. The number of aliphatic carboxylic acids is 1. The zero-order valence-corrected chi connectivity index (χ0v) is 11.3. The van der Waals surface area contributed by atoms with E-state index in [1.165, 1.54) is 0 Å². The van der Waals surface area contributed by atoms with Gasteiger partial charge in [-0.15, -0.1) is 4.91 Å². The highest BCUT2D eigenvalue weighted by Crippen LogP contribution is 2.13. The lowest BCUT2D eigenvalue weighted by atomic mass is 9.98. The normalized spacial score (nSPS) is 15.8. The molecule has 104 valence electrons. The van der Waals surface area contributed by atoms with E-state index in [1.807, 2.05) is 20.8 Å². The van der Waals surface area contributed by atoms with E-state index in [1.54, 1.807) is 6.92 Å². The van der Waals surface area contributed by atoms with Crippen LogP contribution in [0.3, 0.4) is 0 Å². The van der Waals surface area contributed by atoms with E-state index in [4.69, 9.17) is 5.11 Å². The number of carbonyl (C=O) groups is 2. The lowest BCUT2D eigenvalue weighted by Crippen LogP contribution is -2.47. The Morgan fingerprint density at radius 3 is 2.17 bits per heavy atom. The maximum Gasteiger partial charge on any atom is 0.326 e. The largest absolute Gasteiger partial charge is 0.480 e. The first-order valence-corrected chi connectivity index (χ1v) is 6.19. The smallest absolute Gasteiger partial charge is 0.326 e. The monoisotopic (exact) mass is 258 g/mol. The Bertz CT molecular complexity index is 304. The average Bonchev–Trinajstić information content (AvgIpc) is 2.27. The molecule has 0 heterocycles. The van der Waals surface area contributed by atoms with Gasteiger partial charge >= 0.3 is 5.97 Å². The van der Waals surface area contributed by atoms with Gasteiger partial charge in [0.1, 0.15) is 6.04 Å². The molecule has 3 atom stereocenters. The Hall–Kier alpha value is -1.46. The first-order valence-electron chi connectivity index (χ1n) is 6.19. The van der Waals surface area contributed by atoms with Crippen LogP contribution in [0.4, 0.5) is 0 Å². The predicted molar refractivity (Wildman–Crippen MR) is 68.1 cm³/mol. The van der Waals surface area contributed by atoms with Crippen LogP contribution in [-0.2, 0) is 9.59 Å². The van der Waals surface area contributed by atoms with Crippen LogP contribution in [0, 0.1) is 16.7 Å². The molecule has 0 aromatic heterocycles. The molecule has 0 fully saturated rings. The number of carboxylic acid groups (broad SMARTS) is 1. The predicted octanol–water partition coefficient (Wildman–Crippen LogP) is 1.78. The molecule has 0 aliphatic carbocycles. The molecule has 18 heavy (non-hydrogen) atoms. The molecule has 2 N–H and O–H groups in total. The van der Waals surface area contributed by atoms with Crippen LogP contribution in [0.25, 0.3) is 0 Å². The van der Waals surface area contributed by atoms with Gasteiger partial charge in [0.2, 0.25) is 5.91 Å². The fourth-order valence-electron chi connectivity index (χ4n) is 1.58. The molecule has 1 amide bonds. The van der Waals surface area contributed by atoms with E-state index in [0.717, 1.165) is 0 Å². The van der Waals surface area contributed by atoms with Crippen molar-refractivity contribution in [2.75, 3.05) is 0 Å². The fraction of sp³-hybridized carbons (Fsp3) is 0.833. The first kappa shape index (κ1) is 16.5. The van der Waals surface area contributed by atoms with Gasteiger partial charge in [0.15, 0.2) is 6.04 Å². The lowest BCUT2D eigenvalue weighted by Gasteiger charge is -2.20. The minimum atomic E-state index is -1.09. The third-order valence-electron chi connectivity index (χ3n) is 2.89. The van der Waals surface area contributed by atoms with Crippen molar-refractivity contribution in [2.24, 2.45) is 17.0 Å². The van der Waals surface area contributed by atoms with Gasteiger partial charge in [0.25, 0.3) is 0 Å². The van der Waals surface area contributed by atoms with Gasteiger partial charge in [0.05, 0.1) is 0 Å². The summed E-state index contributed by atoms with van der Waals surface area (Å²) in [5.74, 6) is -1.76. The Morgan fingerprint density at radius 1 is 1.28 bits per heavy atom. The second-order valence-electron chi connectivity index (χ2n) is 4.96. The van der Waals surface area contributed by atoms with Gasteiger partial charge in [-0.05, 0) is 18.3 Å². The van der Waals surface area contributed by atoms with Crippen molar-refractivity contribution in [3.05, 3.63) is 4.91 Å². The molecule has 0 aliphatic heterocycles. The van der Waals surface area contributed by atoms with E-state index in [2.05, 4.69) is 10.5 Å². The molecular formula is C12H22N2O4. The van der Waals surface area contributed by atoms with Crippen molar-refractivity contribution in [3.8, 4) is 0 Å². The zero-order chi connectivity index (χ0) is 14.3. The summed E-state index contributed by atoms with van der Waals surface area (Å²) in [5.41, 5.74) is 0. The minimum absolute atomic E-state index is 0.137. The Labute approximate surface area is 107 Å². The standard InChI is InChI=1S/C12H22N2O4/c1-5-8(4)10(14-18)11(15)13-9(12(16)17)6-7(2)3/h7-10H,5-6H2,1-4H3,(H,13,15)(H,16,17). The summed E-state index contributed by atoms with van der Waals surface area (Å²) in [6.07, 6.45) is 0.957. The summed E-state index contributed by atoms with van der Waals surface area (Å²) in [6, 6.07) is -1.99. The molecule has 6 nitrogen and oxygen atoms in total. The number of nitrogens with zero attached hydrogens (tertiary/aromatic N) is 1. The number of amides is 1. The lowest BCUT2D eigenvalue weighted by molar-refractivity contribution is -0.142. The molecule has 0 radical (unpaired) electrons. The number of carbonyl (C=O) groups excluding carboxylic acids is 1. The Balaban J connectivity index is 4.66. The molecule has 0 aromatic carbocycles. The summed E-state index contributed by atoms with van der Waals surface area (Å²) < 4.78 is 0. The van der Waals surface area contributed by atoms with E-state index in [0.29, 0.717) is 12.8 Å². The maximum absolute atomic E-state index is 11.8. The molecular weight excluding hydrogens is 236 g/mol. The minimum Gasteiger partial charge on any atom is -0.480 e. The number of rotatable bonds is 8. The summed E-state index contributed by atoms with van der Waals surface area (Å²) in [5, 5.41) is 14.2. The molecule has 6 heteroatoms. The molecule has 0 saturated heterocycles. The van der Waals surface area contributed by atoms with Gasteiger partial charge in [0, 0.05) is 0 Å². The molecule has 3 unspecified atom stereocenters. The second kappa shape index (κ2) is 7.79. The van der Waals surface area contributed by atoms with Crippen LogP contribution >= 0.6 is 0 Å². The van der Waals surface area contributed by atoms with Crippen LogP contribution in [0.15, 0.2) is 5.18 Å². The highest BCUT2D eigenvalue weighted by molar-refractivity contribution is 5.87. The zero-order valence-electron chi connectivity index (χ0n) is 11.3. The molecule has 0 aromatic rings. The summed E-state index contributed by atoms with van der Waals surface area (Å²) in [6.45, 7) is 7.32. The molecule has 0 saturated carbocycles. The van der Waals surface area contributed by atoms with Crippen molar-refractivity contribution < 1.29 is 14.7 Å². The summed E-state index contributed by atoms with van der Waals surface area (Å²) >= 11 is 0. The molecule has 0 bridgehead atoms. The van der Waals surface area contributed by atoms with Crippen LogP contribution in [0.1, 0.15) is 40.5 Å². The third-order valence-corrected chi connectivity index (χ3v) is 2.89.